The van der Waals surface area contributed by atoms with Crippen molar-refractivity contribution in [2.24, 2.45) is 11.5 Å². The molecule has 0 aliphatic carbocycles. The minimum Gasteiger partial charge on any atom is -0.340 e. The van der Waals surface area contributed by atoms with E-state index in [9.17, 15) is 4.79 Å². The summed E-state index contributed by atoms with van der Waals surface area (Å²) in [5, 5.41) is 0. The van der Waals surface area contributed by atoms with E-state index in [1.54, 1.807) is 4.90 Å². The molecule has 0 aromatic rings. The number of rotatable bonds is 2. The van der Waals surface area contributed by atoms with Crippen LogP contribution in [0, 0.1) is 0 Å². The molecule has 1 rings (SSSR count). The molecular formula is C8H18ClN3O. The number of halogens is 1. The molecule has 0 unspecified atom stereocenters. The third kappa shape index (κ3) is 3.14. The van der Waals surface area contributed by atoms with Gasteiger partial charge in [-0.15, -0.1) is 12.4 Å². The van der Waals surface area contributed by atoms with Gasteiger partial charge in [-0.2, -0.15) is 0 Å². The Morgan fingerprint density at radius 1 is 1.69 bits per heavy atom. The van der Waals surface area contributed by atoms with E-state index < -0.39 is 0 Å². The third-order valence-electron chi connectivity index (χ3n) is 2.29. The Morgan fingerprint density at radius 2 is 2.31 bits per heavy atom. The number of likely N-dealkylation sites (tertiary alicyclic amines) is 1. The fourth-order valence-electron chi connectivity index (χ4n) is 1.40. The van der Waals surface area contributed by atoms with E-state index >= 15 is 0 Å². The molecule has 0 spiro atoms. The Balaban J connectivity index is 0.00000144. The number of nitrogens with two attached hydrogens (primary N) is 2. The molecule has 5 heteroatoms. The summed E-state index contributed by atoms with van der Waals surface area (Å²) in [7, 11) is 0. The van der Waals surface area contributed by atoms with Gasteiger partial charge in [0.25, 0.3) is 0 Å². The van der Waals surface area contributed by atoms with Crippen LogP contribution in [0.25, 0.3) is 0 Å². The maximum Gasteiger partial charge on any atom is 0.239 e. The van der Waals surface area contributed by atoms with Crippen molar-refractivity contribution in [3.8, 4) is 0 Å². The molecule has 78 valence electrons. The minimum atomic E-state index is -0.338. The number of carbonyl (C=O) groups is 1. The fraction of sp³-hybridized carbons (Fsp3) is 0.875. The monoisotopic (exact) mass is 207 g/mol. The van der Waals surface area contributed by atoms with Crippen molar-refractivity contribution in [3.63, 3.8) is 0 Å². The molecule has 0 bridgehead atoms. The quantitative estimate of drug-likeness (QED) is 0.654. The highest BCUT2D eigenvalue weighted by molar-refractivity contribution is 5.85. The molecule has 1 fully saturated rings. The molecule has 0 aromatic heterocycles. The zero-order valence-corrected chi connectivity index (χ0v) is 8.72. The molecule has 2 atom stereocenters. The van der Waals surface area contributed by atoms with E-state index in [1.807, 2.05) is 6.92 Å². The van der Waals surface area contributed by atoms with E-state index in [0.29, 0.717) is 13.0 Å². The molecule has 1 amide bonds. The first-order chi connectivity index (χ1) is 5.65. The topological polar surface area (TPSA) is 72.4 Å². The first kappa shape index (κ1) is 12.7. The van der Waals surface area contributed by atoms with Crippen LogP contribution in [0.1, 0.15) is 19.8 Å². The van der Waals surface area contributed by atoms with Crippen LogP contribution in [0.5, 0.6) is 0 Å². The Labute approximate surface area is 85.0 Å². The van der Waals surface area contributed by atoms with E-state index in [1.165, 1.54) is 0 Å². The van der Waals surface area contributed by atoms with Crippen LogP contribution in [-0.4, -0.2) is 36.0 Å². The number of carbonyl (C=O) groups excluding carboxylic acids is 1. The van der Waals surface area contributed by atoms with Crippen LogP contribution >= 0.6 is 12.4 Å². The van der Waals surface area contributed by atoms with Crippen LogP contribution in [-0.2, 0) is 4.79 Å². The lowest BCUT2D eigenvalue weighted by Crippen LogP contribution is -2.43. The molecule has 1 aliphatic rings. The second-order valence-corrected chi connectivity index (χ2v) is 3.35. The molecule has 4 N–H and O–H groups in total. The molecule has 13 heavy (non-hydrogen) atoms. The molecule has 0 aromatic carbocycles. The average Bonchev–Trinajstić information content (AvgIpc) is 2.49. The second kappa shape index (κ2) is 5.42. The van der Waals surface area contributed by atoms with E-state index in [4.69, 9.17) is 11.5 Å². The third-order valence-corrected chi connectivity index (χ3v) is 2.29. The van der Waals surface area contributed by atoms with E-state index in [2.05, 4.69) is 0 Å². The number of hydrogen-bond acceptors (Lipinski definition) is 3. The van der Waals surface area contributed by atoms with Crippen molar-refractivity contribution in [1.82, 2.24) is 4.90 Å². The van der Waals surface area contributed by atoms with Crippen molar-refractivity contribution >= 4 is 18.3 Å². The Hall–Kier alpha value is -0.320. The summed E-state index contributed by atoms with van der Waals surface area (Å²) in [4.78, 5) is 13.2. The highest BCUT2D eigenvalue weighted by atomic mass is 35.5. The fourth-order valence-corrected chi connectivity index (χ4v) is 1.40. The van der Waals surface area contributed by atoms with Crippen molar-refractivity contribution < 1.29 is 4.79 Å². The van der Waals surface area contributed by atoms with Crippen molar-refractivity contribution in [3.05, 3.63) is 0 Å². The molecule has 1 saturated heterocycles. The van der Waals surface area contributed by atoms with Crippen LogP contribution in [0.2, 0.25) is 0 Å². The maximum absolute atomic E-state index is 11.5. The summed E-state index contributed by atoms with van der Waals surface area (Å²) in [6.07, 6.45) is 1.60. The Kier molecular flexibility index (Phi) is 5.29. The van der Waals surface area contributed by atoms with Gasteiger partial charge < -0.3 is 16.4 Å². The van der Waals surface area contributed by atoms with Gasteiger partial charge in [-0.25, -0.2) is 0 Å². The minimum absolute atomic E-state index is 0. The van der Waals surface area contributed by atoms with Gasteiger partial charge in [0, 0.05) is 19.1 Å². The molecule has 0 saturated carbocycles. The number of nitrogens with zero attached hydrogens (tertiary/aromatic N) is 1. The normalized spacial score (nSPS) is 23.9. The number of hydrogen-bond donors (Lipinski definition) is 2. The number of amides is 1. The highest BCUT2D eigenvalue weighted by Gasteiger charge is 2.26. The SMILES string of the molecule is CC[C@H](N)C(=O)N1CC[C@@H](N)C1.Cl. The summed E-state index contributed by atoms with van der Waals surface area (Å²) in [6, 6.07) is -0.187. The standard InChI is InChI=1S/C8H17N3O.ClH/c1-2-7(10)8(12)11-4-3-6(9)5-11;/h6-7H,2-5,9-10H2,1H3;1H/t6-,7+;/m1./s1. The Morgan fingerprint density at radius 3 is 2.69 bits per heavy atom. The van der Waals surface area contributed by atoms with Gasteiger partial charge in [-0.05, 0) is 12.8 Å². The van der Waals surface area contributed by atoms with Gasteiger partial charge in [-0.1, -0.05) is 6.92 Å². The molecule has 1 aliphatic heterocycles. The largest absolute Gasteiger partial charge is 0.340 e. The Bertz CT molecular complexity index is 177. The lowest BCUT2D eigenvalue weighted by Gasteiger charge is -2.19. The van der Waals surface area contributed by atoms with Crippen molar-refractivity contribution in [1.29, 1.82) is 0 Å². The molecule has 0 radical (unpaired) electrons. The zero-order chi connectivity index (χ0) is 9.14. The summed E-state index contributed by atoms with van der Waals surface area (Å²) in [5.74, 6) is 0.0467. The van der Waals surface area contributed by atoms with Gasteiger partial charge in [0.15, 0.2) is 0 Å². The van der Waals surface area contributed by atoms with Gasteiger partial charge >= 0.3 is 0 Å². The highest BCUT2D eigenvalue weighted by Crippen LogP contribution is 2.08. The lowest BCUT2D eigenvalue weighted by molar-refractivity contribution is -0.131. The van der Waals surface area contributed by atoms with E-state index in [0.717, 1.165) is 13.0 Å². The van der Waals surface area contributed by atoms with Crippen LogP contribution in [0.3, 0.4) is 0 Å². The van der Waals surface area contributed by atoms with Gasteiger partial charge in [-0.3, -0.25) is 4.79 Å². The van der Waals surface area contributed by atoms with Gasteiger partial charge in [0.1, 0.15) is 0 Å². The van der Waals surface area contributed by atoms with Crippen molar-refractivity contribution in [2.75, 3.05) is 13.1 Å². The van der Waals surface area contributed by atoms with Crippen LogP contribution in [0.4, 0.5) is 0 Å². The van der Waals surface area contributed by atoms with Crippen LogP contribution < -0.4 is 11.5 Å². The molecule has 1 heterocycles. The average molecular weight is 208 g/mol. The van der Waals surface area contributed by atoms with Crippen LogP contribution in [0.15, 0.2) is 0 Å². The summed E-state index contributed by atoms with van der Waals surface area (Å²) in [6.45, 7) is 3.36. The van der Waals surface area contributed by atoms with Crippen molar-refractivity contribution in [2.45, 2.75) is 31.8 Å². The smallest absolute Gasteiger partial charge is 0.239 e. The summed E-state index contributed by atoms with van der Waals surface area (Å²) in [5.41, 5.74) is 11.3. The predicted molar refractivity (Wildman–Crippen MR) is 54.7 cm³/mol. The first-order valence-electron chi connectivity index (χ1n) is 4.45. The first-order valence-corrected chi connectivity index (χ1v) is 4.45. The summed E-state index contributed by atoms with van der Waals surface area (Å²) >= 11 is 0. The summed E-state index contributed by atoms with van der Waals surface area (Å²) < 4.78 is 0. The van der Waals surface area contributed by atoms with Gasteiger partial charge in [0.2, 0.25) is 5.91 Å². The van der Waals surface area contributed by atoms with E-state index in [-0.39, 0.29) is 30.4 Å². The molecular weight excluding hydrogens is 190 g/mol. The second-order valence-electron chi connectivity index (χ2n) is 3.35. The van der Waals surface area contributed by atoms with Gasteiger partial charge in [0.05, 0.1) is 6.04 Å². The maximum atomic E-state index is 11.5. The zero-order valence-electron chi connectivity index (χ0n) is 7.90. The lowest BCUT2D eigenvalue weighted by atomic mass is 10.2. The molecule has 4 nitrogen and oxygen atoms in total. The predicted octanol–water partition coefficient (Wildman–Crippen LogP) is -0.295.